The fraction of sp³-hybridized carbons (Fsp3) is 0.147. The molecular weight excluding hydrogens is 556 g/mol. The van der Waals surface area contributed by atoms with E-state index in [4.69, 9.17) is 14.1 Å². The minimum Gasteiger partial charge on any atom is -0.455 e. The molecule has 0 saturated heterocycles. The van der Waals surface area contributed by atoms with Gasteiger partial charge >= 0.3 is 6.09 Å². The summed E-state index contributed by atoms with van der Waals surface area (Å²) in [6.45, 7) is 5.49. The van der Waals surface area contributed by atoms with Gasteiger partial charge in [-0.3, -0.25) is 4.79 Å². The second kappa shape index (κ2) is 11.8. The third-order valence-electron chi connectivity index (χ3n) is 6.59. The number of carbonyl (C=O) groups excluding carboxylic acids is 2. The fourth-order valence-electron chi connectivity index (χ4n) is 4.66. The van der Waals surface area contributed by atoms with E-state index in [1.807, 2.05) is 60.7 Å². The van der Waals surface area contributed by atoms with Crippen LogP contribution in [0.15, 0.2) is 102 Å². The number of aromatic nitrogens is 3. The number of rotatable bonds is 7. The van der Waals surface area contributed by atoms with Crippen LogP contribution in [0.1, 0.15) is 37.0 Å². The van der Waals surface area contributed by atoms with Crippen molar-refractivity contribution in [3.8, 4) is 11.3 Å². The average Bonchev–Trinajstić information content (AvgIpc) is 3.39. The van der Waals surface area contributed by atoms with Crippen LogP contribution in [0, 0.1) is 0 Å². The quantitative estimate of drug-likeness (QED) is 0.176. The molecular formula is C34H30N6O4. The van der Waals surface area contributed by atoms with E-state index in [1.54, 1.807) is 57.3 Å². The van der Waals surface area contributed by atoms with Gasteiger partial charge in [0.25, 0.3) is 5.91 Å². The van der Waals surface area contributed by atoms with Gasteiger partial charge in [0.15, 0.2) is 0 Å². The van der Waals surface area contributed by atoms with Crippen LogP contribution in [-0.2, 0) is 11.3 Å². The topological polar surface area (TPSA) is 131 Å². The summed E-state index contributed by atoms with van der Waals surface area (Å²) in [5, 5.41) is 10.8. The number of nitrogens with one attached hydrogen (secondary N) is 3. The summed E-state index contributed by atoms with van der Waals surface area (Å²) in [4.78, 5) is 38.3. The monoisotopic (exact) mass is 586 g/mol. The predicted octanol–water partition coefficient (Wildman–Crippen LogP) is 7.46. The maximum Gasteiger partial charge on any atom is 0.407 e. The Hall–Kier alpha value is -5.77. The van der Waals surface area contributed by atoms with Crippen molar-refractivity contribution < 1.29 is 18.7 Å². The van der Waals surface area contributed by atoms with E-state index in [9.17, 15) is 9.59 Å². The Kier molecular flexibility index (Phi) is 7.63. The molecule has 0 saturated carbocycles. The SMILES string of the molecule is CC(C)(C)OC(=O)NCc1cccc(C(=O)Nc2ccc(Nc3nccc(-c4cccc5c4oc4ccccc45)n3)cc2)n1. The van der Waals surface area contributed by atoms with Gasteiger partial charge in [-0.2, -0.15) is 0 Å². The molecule has 220 valence electrons. The number of amides is 2. The van der Waals surface area contributed by atoms with Crippen LogP contribution in [0.3, 0.4) is 0 Å². The maximum atomic E-state index is 12.9. The Balaban J connectivity index is 1.11. The standard InChI is InChI=1S/C34H30N6O4/c1-34(2,3)44-33(42)36-20-23-8-6-12-28(37-23)31(41)38-21-14-16-22(17-15-21)39-32-35-19-18-27(40-32)26-11-7-10-25-24-9-4-5-13-29(24)43-30(25)26/h4-19H,20H2,1-3H3,(H,36,42)(H,38,41)(H,35,39,40). The van der Waals surface area contributed by atoms with E-state index < -0.39 is 11.7 Å². The molecule has 0 aliphatic heterocycles. The van der Waals surface area contributed by atoms with Gasteiger partial charge in [0, 0.05) is 33.9 Å². The number of ether oxygens (including phenoxy) is 1. The molecule has 0 fully saturated rings. The van der Waals surface area contributed by atoms with Crippen LogP contribution >= 0.6 is 0 Å². The lowest BCUT2D eigenvalue weighted by Crippen LogP contribution is -2.32. The molecule has 3 aromatic heterocycles. The van der Waals surface area contributed by atoms with Crippen molar-refractivity contribution in [3.05, 3.63) is 109 Å². The van der Waals surface area contributed by atoms with E-state index in [1.165, 1.54) is 0 Å². The molecule has 3 aromatic carbocycles. The van der Waals surface area contributed by atoms with Crippen molar-refractivity contribution in [2.45, 2.75) is 32.9 Å². The first-order valence-electron chi connectivity index (χ1n) is 14.1. The zero-order valence-electron chi connectivity index (χ0n) is 24.4. The number of furan rings is 1. The molecule has 0 atom stereocenters. The van der Waals surface area contributed by atoms with Crippen LogP contribution in [0.5, 0.6) is 0 Å². The van der Waals surface area contributed by atoms with Crippen molar-refractivity contribution in [2.75, 3.05) is 10.6 Å². The minimum absolute atomic E-state index is 0.132. The normalized spacial score (nSPS) is 11.3. The lowest BCUT2D eigenvalue weighted by molar-refractivity contribution is 0.0523. The Morgan fingerprint density at radius 2 is 1.57 bits per heavy atom. The van der Waals surface area contributed by atoms with Gasteiger partial charge in [0.2, 0.25) is 5.95 Å². The Morgan fingerprint density at radius 3 is 2.39 bits per heavy atom. The molecule has 6 rings (SSSR count). The van der Waals surface area contributed by atoms with Crippen molar-refractivity contribution in [3.63, 3.8) is 0 Å². The van der Waals surface area contributed by atoms with E-state index >= 15 is 0 Å². The van der Waals surface area contributed by atoms with Gasteiger partial charge in [-0.05, 0) is 75.4 Å². The molecule has 0 radical (unpaired) electrons. The molecule has 10 nitrogen and oxygen atoms in total. The molecule has 44 heavy (non-hydrogen) atoms. The molecule has 2 amide bonds. The number of nitrogens with zero attached hydrogens (tertiary/aromatic N) is 3. The summed E-state index contributed by atoms with van der Waals surface area (Å²) < 4.78 is 11.4. The Morgan fingerprint density at radius 1 is 0.818 bits per heavy atom. The van der Waals surface area contributed by atoms with E-state index in [2.05, 4.69) is 25.9 Å². The summed E-state index contributed by atoms with van der Waals surface area (Å²) in [6, 6.07) is 28.1. The molecule has 0 spiro atoms. The minimum atomic E-state index is -0.604. The second-order valence-corrected chi connectivity index (χ2v) is 11.1. The van der Waals surface area contributed by atoms with Gasteiger partial charge in [0.05, 0.1) is 17.9 Å². The lowest BCUT2D eigenvalue weighted by atomic mass is 10.1. The smallest absolute Gasteiger partial charge is 0.407 e. The number of para-hydroxylation sites is 2. The first-order chi connectivity index (χ1) is 21.2. The summed E-state index contributed by atoms with van der Waals surface area (Å²) in [5.74, 6) is 0.0500. The number of anilines is 3. The van der Waals surface area contributed by atoms with Crippen LogP contribution in [-0.4, -0.2) is 32.6 Å². The first-order valence-corrected chi connectivity index (χ1v) is 14.1. The zero-order chi connectivity index (χ0) is 30.7. The Labute approximate surface area is 253 Å². The highest BCUT2D eigenvalue weighted by Crippen LogP contribution is 2.35. The lowest BCUT2D eigenvalue weighted by Gasteiger charge is -2.19. The van der Waals surface area contributed by atoms with Crippen molar-refractivity contribution in [1.82, 2.24) is 20.3 Å². The van der Waals surface area contributed by atoms with Crippen LogP contribution in [0.25, 0.3) is 33.2 Å². The highest BCUT2D eigenvalue weighted by Gasteiger charge is 2.17. The first kappa shape index (κ1) is 28.4. The van der Waals surface area contributed by atoms with E-state index in [0.29, 0.717) is 17.3 Å². The average molecular weight is 587 g/mol. The highest BCUT2D eigenvalue weighted by molar-refractivity contribution is 6.09. The van der Waals surface area contributed by atoms with E-state index in [-0.39, 0.29) is 18.1 Å². The summed E-state index contributed by atoms with van der Waals surface area (Å²) in [7, 11) is 0. The number of carbonyl (C=O) groups is 2. The molecule has 0 aliphatic rings. The van der Waals surface area contributed by atoms with Crippen molar-refractivity contribution in [1.29, 1.82) is 0 Å². The number of pyridine rings is 1. The van der Waals surface area contributed by atoms with Crippen molar-refractivity contribution in [2.24, 2.45) is 0 Å². The summed E-state index contributed by atoms with van der Waals surface area (Å²) in [5.41, 5.74) is 4.69. The molecule has 3 N–H and O–H groups in total. The predicted molar refractivity (Wildman–Crippen MR) is 170 cm³/mol. The maximum absolute atomic E-state index is 12.9. The molecule has 3 heterocycles. The van der Waals surface area contributed by atoms with Gasteiger partial charge in [-0.1, -0.05) is 36.4 Å². The fourth-order valence-corrected chi connectivity index (χ4v) is 4.66. The second-order valence-electron chi connectivity index (χ2n) is 11.1. The molecule has 10 heteroatoms. The number of hydrogen-bond acceptors (Lipinski definition) is 8. The summed E-state index contributed by atoms with van der Waals surface area (Å²) in [6.07, 6.45) is 1.15. The van der Waals surface area contributed by atoms with Crippen LogP contribution < -0.4 is 16.0 Å². The number of alkyl carbamates (subject to hydrolysis) is 1. The van der Waals surface area contributed by atoms with Gasteiger partial charge in [0.1, 0.15) is 22.5 Å². The summed E-state index contributed by atoms with van der Waals surface area (Å²) >= 11 is 0. The molecule has 0 unspecified atom stereocenters. The van der Waals surface area contributed by atoms with Gasteiger partial charge < -0.3 is 25.1 Å². The van der Waals surface area contributed by atoms with E-state index in [0.717, 1.165) is 38.9 Å². The number of benzene rings is 3. The third kappa shape index (κ3) is 6.49. The van der Waals surface area contributed by atoms with Gasteiger partial charge in [-0.25, -0.2) is 19.7 Å². The van der Waals surface area contributed by atoms with Crippen molar-refractivity contribution >= 4 is 51.3 Å². The number of hydrogen-bond donors (Lipinski definition) is 3. The largest absolute Gasteiger partial charge is 0.455 e. The van der Waals surface area contributed by atoms with Gasteiger partial charge in [-0.15, -0.1) is 0 Å². The highest BCUT2D eigenvalue weighted by atomic mass is 16.6. The molecule has 6 aromatic rings. The van der Waals surface area contributed by atoms with Crippen LogP contribution in [0.4, 0.5) is 22.1 Å². The zero-order valence-corrected chi connectivity index (χ0v) is 24.4. The number of fused-ring (bicyclic) bond motifs is 3. The van der Waals surface area contributed by atoms with Crippen LogP contribution in [0.2, 0.25) is 0 Å². The molecule has 0 aliphatic carbocycles. The third-order valence-corrected chi connectivity index (χ3v) is 6.59. The molecule has 0 bridgehead atoms. The Bertz CT molecular complexity index is 1980.